The van der Waals surface area contributed by atoms with E-state index in [1.54, 1.807) is 26.5 Å². The van der Waals surface area contributed by atoms with E-state index in [-0.39, 0.29) is 12.0 Å². The van der Waals surface area contributed by atoms with E-state index in [2.05, 4.69) is 9.97 Å². The number of aromatic nitrogens is 2. The summed E-state index contributed by atoms with van der Waals surface area (Å²) in [4.78, 5) is 23.5. The Morgan fingerprint density at radius 3 is 2.34 bits per heavy atom. The van der Waals surface area contributed by atoms with Gasteiger partial charge >= 0.3 is 0 Å². The van der Waals surface area contributed by atoms with Crippen LogP contribution >= 0.6 is 0 Å². The van der Waals surface area contributed by atoms with Crippen LogP contribution in [0.3, 0.4) is 0 Å². The standard InChI is InChI=1S/C22H29N3O4/c1-14(2)29-21-13-24-18(11-20(21)28-5)22(26)25-8-6-16(7-9-25)17-12-23-15(3)10-19(17)27-4/h10-14,16H,6-9H2,1-5H3. The second-order valence-corrected chi connectivity index (χ2v) is 7.52. The molecule has 0 radical (unpaired) electrons. The number of hydrogen-bond donors (Lipinski definition) is 0. The first-order valence-electron chi connectivity index (χ1n) is 9.93. The molecule has 156 valence electrons. The monoisotopic (exact) mass is 399 g/mol. The number of aryl methyl sites for hydroxylation is 1. The van der Waals surface area contributed by atoms with Crippen molar-refractivity contribution in [3.63, 3.8) is 0 Å². The molecule has 3 heterocycles. The summed E-state index contributed by atoms with van der Waals surface area (Å²) in [5.74, 6) is 2.16. The molecule has 0 aromatic carbocycles. The molecular formula is C22H29N3O4. The van der Waals surface area contributed by atoms with Gasteiger partial charge in [-0.2, -0.15) is 0 Å². The Morgan fingerprint density at radius 1 is 1.03 bits per heavy atom. The molecule has 0 bridgehead atoms. The maximum Gasteiger partial charge on any atom is 0.272 e. The number of nitrogens with zero attached hydrogens (tertiary/aromatic N) is 3. The Bertz CT molecular complexity index is 861. The molecule has 0 unspecified atom stereocenters. The molecule has 2 aromatic heterocycles. The number of piperidine rings is 1. The summed E-state index contributed by atoms with van der Waals surface area (Å²) in [7, 11) is 3.24. The fourth-order valence-corrected chi connectivity index (χ4v) is 3.63. The van der Waals surface area contributed by atoms with E-state index in [1.165, 1.54) is 0 Å². The summed E-state index contributed by atoms with van der Waals surface area (Å²) in [6.45, 7) is 7.14. The van der Waals surface area contributed by atoms with Gasteiger partial charge in [-0.25, -0.2) is 4.98 Å². The topological polar surface area (TPSA) is 73.8 Å². The molecule has 1 amide bonds. The van der Waals surface area contributed by atoms with E-state index in [4.69, 9.17) is 14.2 Å². The van der Waals surface area contributed by atoms with E-state index in [0.29, 0.717) is 36.2 Å². The van der Waals surface area contributed by atoms with Crippen LogP contribution in [0, 0.1) is 6.92 Å². The largest absolute Gasteiger partial charge is 0.496 e. The highest BCUT2D eigenvalue weighted by atomic mass is 16.5. The van der Waals surface area contributed by atoms with Gasteiger partial charge in [-0.15, -0.1) is 0 Å². The lowest BCUT2D eigenvalue weighted by Crippen LogP contribution is -2.38. The average Bonchev–Trinajstić information content (AvgIpc) is 2.73. The number of hydrogen-bond acceptors (Lipinski definition) is 6. The van der Waals surface area contributed by atoms with Gasteiger partial charge in [0.1, 0.15) is 11.4 Å². The Hall–Kier alpha value is -2.83. The third-order valence-corrected chi connectivity index (χ3v) is 5.11. The normalized spacial score (nSPS) is 14.8. The van der Waals surface area contributed by atoms with Gasteiger partial charge in [0.2, 0.25) is 0 Å². The van der Waals surface area contributed by atoms with Crippen molar-refractivity contribution in [1.29, 1.82) is 0 Å². The summed E-state index contributed by atoms with van der Waals surface area (Å²) in [6, 6.07) is 3.61. The van der Waals surface area contributed by atoms with Gasteiger partial charge in [-0.1, -0.05) is 0 Å². The zero-order valence-corrected chi connectivity index (χ0v) is 17.8. The molecule has 0 atom stereocenters. The quantitative estimate of drug-likeness (QED) is 0.739. The number of methoxy groups -OCH3 is 2. The van der Waals surface area contributed by atoms with Crippen LogP contribution in [-0.4, -0.2) is 54.2 Å². The third kappa shape index (κ3) is 4.78. The highest BCUT2D eigenvalue weighted by Gasteiger charge is 2.27. The fourth-order valence-electron chi connectivity index (χ4n) is 3.63. The summed E-state index contributed by atoms with van der Waals surface area (Å²) >= 11 is 0. The van der Waals surface area contributed by atoms with Crippen molar-refractivity contribution in [2.24, 2.45) is 0 Å². The number of carbonyl (C=O) groups is 1. The van der Waals surface area contributed by atoms with Crippen LogP contribution in [0.25, 0.3) is 0 Å². The number of pyridine rings is 2. The predicted molar refractivity (Wildman–Crippen MR) is 110 cm³/mol. The van der Waals surface area contributed by atoms with Gasteiger partial charge in [0, 0.05) is 42.7 Å². The highest BCUT2D eigenvalue weighted by molar-refractivity contribution is 5.93. The zero-order valence-electron chi connectivity index (χ0n) is 17.8. The SMILES string of the molecule is COc1cc(C(=O)N2CCC(c3cnc(C)cc3OC)CC2)ncc1OC(C)C. The molecule has 0 spiro atoms. The van der Waals surface area contributed by atoms with Gasteiger partial charge in [-0.05, 0) is 39.5 Å². The molecule has 2 aromatic rings. The van der Waals surface area contributed by atoms with Crippen molar-refractivity contribution in [2.75, 3.05) is 27.3 Å². The molecule has 0 aliphatic carbocycles. The minimum atomic E-state index is -0.0909. The summed E-state index contributed by atoms with van der Waals surface area (Å²) in [6.07, 6.45) is 5.18. The van der Waals surface area contributed by atoms with E-state index >= 15 is 0 Å². The predicted octanol–water partition coefficient (Wildman–Crippen LogP) is 3.61. The number of rotatable bonds is 6. The van der Waals surface area contributed by atoms with Gasteiger partial charge in [0.25, 0.3) is 5.91 Å². The lowest BCUT2D eigenvalue weighted by atomic mass is 9.89. The summed E-state index contributed by atoms with van der Waals surface area (Å²) in [5.41, 5.74) is 2.41. The minimum Gasteiger partial charge on any atom is -0.496 e. The molecule has 0 saturated carbocycles. The van der Waals surface area contributed by atoms with E-state index < -0.39 is 0 Å². The van der Waals surface area contributed by atoms with Crippen LogP contribution in [0.1, 0.15) is 54.4 Å². The second kappa shape index (κ2) is 9.11. The van der Waals surface area contributed by atoms with Crippen LogP contribution < -0.4 is 14.2 Å². The lowest BCUT2D eigenvalue weighted by Gasteiger charge is -2.32. The highest BCUT2D eigenvalue weighted by Crippen LogP contribution is 2.35. The van der Waals surface area contributed by atoms with Gasteiger partial charge in [0.15, 0.2) is 11.5 Å². The van der Waals surface area contributed by atoms with Gasteiger partial charge in [-0.3, -0.25) is 9.78 Å². The molecule has 1 saturated heterocycles. The van der Waals surface area contributed by atoms with Crippen molar-refractivity contribution < 1.29 is 19.0 Å². The molecule has 3 rings (SSSR count). The maximum atomic E-state index is 12.9. The second-order valence-electron chi connectivity index (χ2n) is 7.52. The first kappa shape index (κ1) is 20.9. The van der Waals surface area contributed by atoms with Crippen molar-refractivity contribution in [2.45, 2.75) is 45.6 Å². The third-order valence-electron chi connectivity index (χ3n) is 5.11. The van der Waals surface area contributed by atoms with E-state index in [9.17, 15) is 4.79 Å². The Balaban J connectivity index is 1.69. The maximum absolute atomic E-state index is 12.9. The average molecular weight is 399 g/mol. The molecule has 7 heteroatoms. The lowest BCUT2D eigenvalue weighted by molar-refractivity contribution is 0.0706. The molecule has 29 heavy (non-hydrogen) atoms. The molecule has 1 aliphatic heterocycles. The first-order chi connectivity index (χ1) is 13.9. The summed E-state index contributed by atoms with van der Waals surface area (Å²) < 4.78 is 16.6. The van der Waals surface area contributed by atoms with Gasteiger partial charge in [0.05, 0.1) is 26.5 Å². The zero-order chi connectivity index (χ0) is 21.0. The van der Waals surface area contributed by atoms with Crippen molar-refractivity contribution >= 4 is 5.91 Å². The molecule has 1 aliphatic rings. The van der Waals surface area contributed by atoms with E-state index in [0.717, 1.165) is 29.8 Å². The van der Waals surface area contributed by atoms with Gasteiger partial charge < -0.3 is 19.1 Å². The van der Waals surface area contributed by atoms with E-state index in [1.807, 2.05) is 37.9 Å². The number of ether oxygens (including phenoxy) is 3. The smallest absolute Gasteiger partial charge is 0.272 e. The first-order valence-corrected chi connectivity index (χ1v) is 9.93. The molecular weight excluding hydrogens is 370 g/mol. The van der Waals surface area contributed by atoms with Crippen LogP contribution in [0.2, 0.25) is 0 Å². The van der Waals surface area contributed by atoms with Crippen molar-refractivity contribution in [3.8, 4) is 17.2 Å². The summed E-state index contributed by atoms with van der Waals surface area (Å²) in [5, 5.41) is 0. The van der Waals surface area contributed by atoms with Crippen LogP contribution in [0.15, 0.2) is 24.5 Å². The Kier molecular flexibility index (Phi) is 6.56. The number of carbonyl (C=O) groups excluding carboxylic acids is 1. The van der Waals surface area contributed by atoms with Crippen LogP contribution in [-0.2, 0) is 0 Å². The molecule has 0 N–H and O–H groups in total. The minimum absolute atomic E-state index is 0.000431. The number of amides is 1. The fraction of sp³-hybridized carbons (Fsp3) is 0.500. The molecule has 1 fully saturated rings. The Morgan fingerprint density at radius 2 is 1.72 bits per heavy atom. The van der Waals surface area contributed by atoms with Crippen molar-refractivity contribution in [3.05, 3.63) is 41.5 Å². The van der Waals surface area contributed by atoms with Crippen LogP contribution in [0.5, 0.6) is 17.2 Å². The Labute approximate surface area is 172 Å². The van der Waals surface area contributed by atoms with Crippen LogP contribution in [0.4, 0.5) is 0 Å². The number of likely N-dealkylation sites (tertiary alicyclic amines) is 1. The molecule has 7 nitrogen and oxygen atoms in total. The van der Waals surface area contributed by atoms with Crippen molar-refractivity contribution in [1.82, 2.24) is 14.9 Å².